The van der Waals surface area contributed by atoms with E-state index in [-0.39, 0.29) is 17.1 Å². The van der Waals surface area contributed by atoms with Crippen LogP contribution in [0.15, 0.2) is 12.1 Å². The Morgan fingerprint density at radius 1 is 1.21 bits per heavy atom. The molecule has 0 aliphatic carbocycles. The van der Waals surface area contributed by atoms with E-state index < -0.39 is 0 Å². The first-order valence-electron chi connectivity index (χ1n) is 9.23. The fourth-order valence-corrected chi connectivity index (χ4v) is 2.93. The third-order valence-electron chi connectivity index (χ3n) is 4.61. The van der Waals surface area contributed by atoms with Gasteiger partial charge in [0.05, 0.1) is 0 Å². The summed E-state index contributed by atoms with van der Waals surface area (Å²) in [6, 6.07) is 3.52. The van der Waals surface area contributed by atoms with Crippen molar-refractivity contribution in [3.05, 3.63) is 23.3 Å². The largest absolute Gasteiger partial charge is 0.507 e. The van der Waals surface area contributed by atoms with Crippen LogP contribution in [0.5, 0.6) is 11.5 Å². The van der Waals surface area contributed by atoms with E-state index in [1.54, 1.807) is 12.1 Å². The summed E-state index contributed by atoms with van der Waals surface area (Å²) >= 11 is 0. The zero-order chi connectivity index (χ0) is 18.3. The summed E-state index contributed by atoms with van der Waals surface area (Å²) in [5.74, 6) is 1.23. The van der Waals surface area contributed by atoms with Gasteiger partial charge >= 0.3 is 5.97 Å². The molecular formula is C21H34O3. The fourth-order valence-electron chi connectivity index (χ4n) is 2.93. The van der Waals surface area contributed by atoms with Crippen molar-refractivity contribution >= 4 is 5.97 Å². The van der Waals surface area contributed by atoms with Crippen LogP contribution in [0.4, 0.5) is 0 Å². The third kappa shape index (κ3) is 6.18. The zero-order valence-corrected chi connectivity index (χ0v) is 16.2. The average molecular weight is 335 g/mol. The number of carbonyl (C=O) groups is 1. The van der Waals surface area contributed by atoms with Gasteiger partial charge in [-0.05, 0) is 42.4 Å². The van der Waals surface area contributed by atoms with Crippen molar-refractivity contribution < 1.29 is 14.6 Å². The van der Waals surface area contributed by atoms with Crippen LogP contribution in [0.2, 0.25) is 0 Å². The maximum absolute atomic E-state index is 12.2. The molecule has 0 heterocycles. The summed E-state index contributed by atoms with van der Waals surface area (Å²) in [6.07, 6.45) is 6.06. The number of esters is 1. The van der Waals surface area contributed by atoms with Crippen molar-refractivity contribution in [3.63, 3.8) is 0 Å². The number of benzene rings is 1. The van der Waals surface area contributed by atoms with Gasteiger partial charge in [0.1, 0.15) is 11.5 Å². The van der Waals surface area contributed by atoms with E-state index in [4.69, 9.17) is 4.74 Å². The van der Waals surface area contributed by atoms with Crippen LogP contribution in [0.25, 0.3) is 0 Å². The number of phenols is 1. The van der Waals surface area contributed by atoms with Crippen LogP contribution >= 0.6 is 0 Å². The molecule has 1 unspecified atom stereocenters. The van der Waals surface area contributed by atoms with E-state index in [9.17, 15) is 9.90 Å². The Morgan fingerprint density at radius 2 is 1.88 bits per heavy atom. The first kappa shape index (κ1) is 20.5. The summed E-state index contributed by atoms with van der Waals surface area (Å²) in [5.41, 5.74) is 1.34. The van der Waals surface area contributed by atoms with Crippen molar-refractivity contribution in [2.75, 3.05) is 0 Å². The van der Waals surface area contributed by atoms with Crippen LogP contribution in [0, 0.1) is 12.8 Å². The lowest BCUT2D eigenvalue weighted by Gasteiger charge is -2.22. The Hall–Kier alpha value is -1.51. The predicted molar refractivity (Wildman–Crippen MR) is 99.7 cm³/mol. The highest BCUT2D eigenvalue weighted by atomic mass is 16.5. The molecule has 0 aromatic heterocycles. The minimum atomic E-state index is -0.204. The van der Waals surface area contributed by atoms with Gasteiger partial charge in [0.15, 0.2) is 0 Å². The van der Waals surface area contributed by atoms with Crippen molar-refractivity contribution in [1.82, 2.24) is 0 Å². The van der Waals surface area contributed by atoms with Crippen LogP contribution < -0.4 is 4.74 Å². The van der Waals surface area contributed by atoms with Gasteiger partial charge in [-0.1, -0.05) is 60.3 Å². The number of rotatable bonds is 8. The minimum Gasteiger partial charge on any atom is -0.507 e. The average Bonchev–Trinajstić information content (AvgIpc) is 2.49. The van der Waals surface area contributed by atoms with Gasteiger partial charge in [0.25, 0.3) is 0 Å². The third-order valence-corrected chi connectivity index (χ3v) is 4.61. The van der Waals surface area contributed by atoms with Crippen molar-refractivity contribution in [2.45, 2.75) is 85.5 Å². The maximum atomic E-state index is 12.2. The van der Waals surface area contributed by atoms with Crippen LogP contribution in [0.1, 0.15) is 84.3 Å². The molecule has 3 nitrogen and oxygen atoms in total. The number of ether oxygens (including phenoxy) is 1. The van der Waals surface area contributed by atoms with E-state index in [1.165, 1.54) is 19.3 Å². The highest BCUT2D eigenvalue weighted by Gasteiger charge is 2.21. The second kappa shape index (κ2) is 9.10. The molecule has 0 bridgehead atoms. The Morgan fingerprint density at radius 3 is 2.42 bits per heavy atom. The Labute approximate surface area is 147 Å². The maximum Gasteiger partial charge on any atom is 0.311 e. The van der Waals surface area contributed by atoms with Gasteiger partial charge in [0.2, 0.25) is 0 Å². The SMILES string of the molecule is CCCCC(CC)CCC(=O)Oc1cc(C)c(O)c(C(C)(C)C)c1. The lowest BCUT2D eigenvalue weighted by molar-refractivity contribution is -0.134. The molecule has 0 fully saturated rings. The molecule has 0 radical (unpaired) electrons. The highest BCUT2D eigenvalue weighted by Crippen LogP contribution is 2.36. The first-order chi connectivity index (χ1) is 11.2. The second-order valence-electron chi connectivity index (χ2n) is 7.82. The summed E-state index contributed by atoms with van der Waals surface area (Å²) in [6.45, 7) is 12.3. The molecule has 0 aliphatic rings. The van der Waals surface area contributed by atoms with Crippen LogP contribution in [-0.2, 0) is 10.2 Å². The topological polar surface area (TPSA) is 46.5 Å². The molecule has 0 aliphatic heterocycles. The lowest BCUT2D eigenvalue weighted by Crippen LogP contribution is -2.14. The molecule has 24 heavy (non-hydrogen) atoms. The number of aryl methyl sites for hydroxylation is 1. The molecule has 0 amide bonds. The molecule has 1 rings (SSSR count). The number of hydrogen-bond donors (Lipinski definition) is 1. The number of carbonyl (C=O) groups excluding carboxylic acids is 1. The van der Waals surface area contributed by atoms with Crippen LogP contribution in [0.3, 0.4) is 0 Å². The molecule has 1 N–H and O–H groups in total. The van der Waals surface area contributed by atoms with Gasteiger partial charge in [-0.3, -0.25) is 4.79 Å². The molecular weight excluding hydrogens is 300 g/mol. The summed E-state index contributed by atoms with van der Waals surface area (Å²) in [4.78, 5) is 12.2. The molecule has 3 heteroatoms. The molecule has 1 atom stereocenters. The molecule has 0 saturated heterocycles. The monoisotopic (exact) mass is 334 g/mol. The van der Waals surface area contributed by atoms with Crippen molar-refractivity contribution in [1.29, 1.82) is 0 Å². The lowest BCUT2D eigenvalue weighted by atomic mass is 9.85. The molecule has 136 valence electrons. The quantitative estimate of drug-likeness (QED) is 0.475. The summed E-state index contributed by atoms with van der Waals surface area (Å²) in [7, 11) is 0. The van der Waals surface area contributed by atoms with E-state index in [0.717, 1.165) is 24.0 Å². The van der Waals surface area contributed by atoms with Gasteiger partial charge < -0.3 is 9.84 Å². The zero-order valence-electron chi connectivity index (χ0n) is 16.2. The predicted octanol–water partition coefficient (Wildman–Crippen LogP) is 5.90. The highest BCUT2D eigenvalue weighted by molar-refractivity contribution is 5.72. The van der Waals surface area contributed by atoms with Crippen molar-refractivity contribution in [3.8, 4) is 11.5 Å². The molecule has 0 spiro atoms. The Kier molecular flexibility index (Phi) is 7.78. The van der Waals surface area contributed by atoms with Gasteiger partial charge in [-0.2, -0.15) is 0 Å². The second-order valence-corrected chi connectivity index (χ2v) is 7.82. The van der Waals surface area contributed by atoms with E-state index in [1.807, 2.05) is 27.7 Å². The minimum absolute atomic E-state index is 0.185. The molecule has 0 saturated carbocycles. The van der Waals surface area contributed by atoms with Crippen molar-refractivity contribution in [2.24, 2.45) is 5.92 Å². The standard InChI is InChI=1S/C21H34O3/c1-7-9-10-16(8-2)11-12-19(22)24-17-13-15(3)20(23)18(14-17)21(4,5)6/h13-14,16,23H,7-12H2,1-6H3. The number of aromatic hydroxyl groups is 1. The van der Waals surface area contributed by atoms with E-state index >= 15 is 0 Å². The summed E-state index contributed by atoms with van der Waals surface area (Å²) < 4.78 is 5.54. The normalized spacial score (nSPS) is 12.9. The Balaban J connectivity index is 2.72. The smallest absolute Gasteiger partial charge is 0.311 e. The molecule has 1 aromatic rings. The number of unbranched alkanes of at least 4 members (excludes halogenated alkanes) is 1. The molecule has 1 aromatic carbocycles. The van der Waals surface area contributed by atoms with E-state index in [2.05, 4.69) is 13.8 Å². The van der Waals surface area contributed by atoms with E-state index in [0.29, 0.717) is 18.1 Å². The Bertz CT molecular complexity index is 541. The van der Waals surface area contributed by atoms with Gasteiger partial charge in [0, 0.05) is 12.0 Å². The first-order valence-corrected chi connectivity index (χ1v) is 9.23. The number of phenolic OH excluding ortho intramolecular Hbond substituents is 1. The number of hydrogen-bond acceptors (Lipinski definition) is 3. The summed E-state index contributed by atoms with van der Waals surface area (Å²) in [5, 5.41) is 10.2. The van der Waals surface area contributed by atoms with Crippen LogP contribution in [-0.4, -0.2) is 11.1 Å². The fraction of sp³-hybridized carbons (Fsp3) is 0.667. The van der Waals surface area contributed by atoms with Gasteiger partial charge in [-0.15, -0.1) is 0 Å². The van der Waals surface area contributed by atoms with Gasteiger partial charge in [-0.25, -0.2) is 0 Å².